The van der Waals surface area contributed by atoms with Crippen LogP contribution in [0.2, 0.25) is 0 Å². The van der Waals surface area contributed by atoms with Crippen LogP contribution < -0.4 is 5.32 Å². The van der Waals surface area contributed by atoms with Crippen molar-refractivity contribution >= 4 is 0 Å². The van der Waals surface area contributed by atoms with Gasteiger partial charge in [0.15, 0.2) is 0 Å². The summed E-state index contributed by atoms with van der Waals surface area (Å²) in [5.74, 6) is 3.02. The summed E-state index contributed by atoms with van der Waals surface area (Å²) in [6.07, 6.45) is 2.16. The molecule has 2 heterocycles. The largest absolute Gasteiger partial charge is 0.302 e. The summed E-state index contributed by atoms with van der Waals surface area (Å²) in [6, 6.07) is 0.922. The van der Waals surface area contributed by atoms with Gasteiger partial charge in [-0.1, -0.05) is 6.92 Å². The Morgan fingerprint density at radius 3 is 2.92 bits per heavy atom. The minimum atomic E-state index is 0.638. The number of fused-ring (bicyclic) bond motifs is 3. The Labute approximate surface area is 74.3 Å². The first-order chi connectivity index (χ1) is 5.77. The molecule has 1 N–H and O–H groups in total. The summed E-state index contributed by atoms with van der Waals surface area (Å²) < 4.78 is 0. The van der Waals surface area contributed by atoms with Gasteiger partial charge in [0, 0.05) is 19.1 Å². The van der Waals surface area contributed by atoms with Gasteiger partial charge in [0.25, 0.3) is 0 Å². The summed E-state index contributed by atoms with van der Waals surface area (Å²) in [6.45, 7) is 7.31. The average Bonchev–Trinajstić information content (AvgIpc) is 2.71. The number of nitrogens with one attached hydrogen (secondary N) is 1. The van der Waals surface area contributed by atoms with Crippen molar-refractivity contribution in [2.45, 2.75) is 32.5 Å². The zero-order valence-corrected chi connectivity index (χ0v) is 7.96. The molecule has 3 aliphatic rings. The van der Waals surface area contributed by atoms with Gasteiger partial charge >= 0.3 is 0 Å². The van der Waals surface area contributed by atoms with Crippen molar-refractivity contribution in [2.24, 2.45) is 17.8 Å². The Morgan fingerprint density at radius 2 is 2.17 bits per heavy atom. The van der Waals surface area contributed by atoms with Crippen molar-refractivity contribution in [1.29, 1.82) is 0 Å². The first-order valence-corrected chi connectivity index (χ1v) is 5.26. The molecule has 0 radical (unpaired) electrons. The lowest BCUT2D eigenvalue weighted by molar-refractivity contribution is 0.0602. The Bertz CT molecular complexity index is 204. The third-order valence-corrected chi connectivity index (χ3v) is 4.06. The van der Waals surface area contributed by atoms with E-state index in [1.165, 1.54) is 19.5 Å². The molecular formula is C10H18N2. The smallest absolute Gasteiger partial charge is 0.0571 e. The van der Waals surface area contributed by atoms with E-state index in [2.05, 4.69) is 24.1 Å². The van der Waals surface area contributed by atoms with E-state index in [9.17, 15) is 0 Å². The van der Waals surface area contributed by atoms with E-state index in [0.29, 0.717) is 6.17 Å². The van der Waals surface area contributed by atoms with Crippen molar-refractivity contribution in [3.05, 3.63) is 0 Å². The molecular weight excluding hydrogens is 148 g/mol. The minimum absolute atomic E-state index is 0.638. The van der Waals surface area contributed by atoms with Gasteiger partial charge in [-0.3, -0.25) is 4.90 Å². The second-order valence-electron chi connectivity index (χ2n) is 4.91. The number of piperidine rings is 1. The second kappa shape index (κ2) is 2.24. The maximum Gasteiger partial charge on any atom is 0.0571 e. The lowest BCUT2D eigenvalue weighted by Gasteiger charge is -2.42. The van der Waals surface area contributed by atoms with Gasteiger partial charge in [-0.2, -0.15) is 0 Å². The molecule has 0 amide bonds. The molecule has 2 heteroatoms. The van der Waals surface area contributed by atoms with Crippen LogP contribution in [0.25, 0.3) is 0 Å². The summed E-state index contributed by atoms with van der Waals surface area (Å²) in [5, 5.41) is 3.57. The Balaban J connectivity index is 1.84. The van der Waals surface area contributed by atoms with Crippen LogP contribution in [0.1, 0.15) is 20.3 Å². The lowest BCUT2D eigenvalue weighted by atomic mass is 9.95. The Kier molecular flexibility index (Phi) is 1.37. The number of hydrogen-bond donors (Lipinski definition) is 1. The van der Waals surface area contributed by atoms with Gasteiger partial charge in [-0.05, 0) is 31.1 Å². The molecule has 0 aromatic heterocycles. The van der Waals surface area contributed by atoms with E-state index in [4.69, 9.17) is 0 Å². The molecule has 1 saturated carbocycles. The molecule has 0 spiro atoms. The molecule has 2 aliphatic heterocycles. The van der Waals surface area contributed by atoms with Crippen LogP contribution in [0.15, 0.2) is 0 Å². The topological polar surface area (TPSA) is 15.3 Å². The highest BCUT2D eigenvalue weighted by Gasteiger charge is 2.56. The maximum atomic E-state index is 3.57. The summed E-state index contributed by atoms with van der Waals surface area (Å²) in [7, 11) is 0. The fraction of sp³-hybridized carbons (Fsp3) is 1.00. The van der Waals surface area contributed by atoms with Crippen molar-refractivity contribution in [3.63, 3.8) is 0 Å². The fourth-order valence-corrected chi connectivity index (χ4v) is 3.30. The van der Waals surface area contributed by atoms with Crippen LogP contribution in [0.3, 0.4) is 0 Å². The number of nitrogens with zero attached hydrogens (tertiary/aromatic N) is 1. The molecule has 5 unspecified atom stereocenters. The Morgan fingerprint density at radius 1 is 1.33 bits per heavy atom. The zero-order chi connectivity index (χ0) is 8.29. The second-order valence-corrected chi connectivity index (χ2v) is 4.91. The average molecular weight is 166 g/mol. The number of hydrogen-bond acceptors (Lipinski definition) is 2. The van der Waals surface area contributed by atoms with Crippen LogP contribution in [-0.4, -0.2) is 30.2 Å². The highest BCUT2D eigenvalue weighted by Crippen LogP contribution is 2.52. The van der Waals surface area contributed by atoms with E-state index in [1.807, 2.05) is 0 Å². The van der Waals surface area contributed by atoms with Crippen LogP contribution in [0.4, 0.5) is 0 Å². The molecule has 0 aromatic rings. The minimum Gasteiger partial charge on any atom is -0.302 e. The van der Waals surface area contributed by atoms with E-state index >= 15 is 0 Å². The van der Waals surface area contributed by atoms with E-state index in [0.717, 1.165) is 23.8 Å². The van der Waals surface area contributed by atoms with Crippen molar-refractivity contribution in [1.82, 2.24) is 10.2 Å². The van der Waals surface area contributed by atoms with Crippen LogP contribution in [0.5, 0.6) is 0 Å². The van der Waals surface area contributed by atoms with Crippen molar-refractivity contribution in [3.8, 4) is 0 Å². The maximum absolute atomic E-state index is 3.57. The monoisotopic (exact) mass is 166 g/mol. The van der Waals surface area contributed by atoms with E-state index < -0.39 is 0 Å². The first kappa shape index (κ1) is 7.34. The summed E-state index contributed by atoms with van der Waals surface area (Å²) in [4.78, 5) is 2.69. The van der Waals surface area contributed by atoms with E-state index in [1.54, 1.807) is 0 Å². The standard InChI is InChI=1S/C10H18N2/c1-6-4-11-7(2)12-5-8-3-9(8)10(6)12/h6-11H,3-5H2,1-2H3. The molecule has 3 fully saturated rings. The van der Waals surface area contributed by atoms with Crippen molar-refractivity contribution in [2.75, 3.05) is 13.1 Å². The number of rotatable bonds is 0. The van der Waals surface area contributed by atoms with Crippen LogP contribution in [-0.2, 0) is 0 Å². The van der Waals surface area contributed by atoms with Crippen molar-refractivity contribution < 1.29 is 0 Å². The zero-order valence-electron chi connectivity index (χ0n) is 7.96. The summed E-state index contributed by atoms with van der Waals surface area (Å²) in [5.41, 5.74) is 0. The molecule has 3 rings (SSSR count). The third-order valence-electron chi connectivity index (χ3n) is 4.06. The Hall–Kier alpha value is -0.0800. The molecule has 0 bridgehead atoms. The predicted molar refractivity (Wildman–Crippen MR) is 48.7 cm³/mol. The molecule has 0 aromatic carbocycles. The van der Waals surface area contributed by atoms with Gasteiger partial charge in [0.2, 0.25) is 0 Å². The SMILES string of the molecule is CC1CNC(C)N2CC3CC3C12. The summed E-state index contributed by atoms with van der Waals surface area (Å²) >= 11 is 0. The molecule has 68 valence electrons. The van der Waals surface area contributed by atoms with Gasteiger partial charge in [-0.25, -0.2) is 0 Å². The van der Waals surface area contributed by atoms with Gasteiger partial charge < -0.3 is 5.32 Å². The molecule has 5 atom stereocenters. The molecule has 1 aliphatic carbocycles. The van der Waals surface area contributed by atoms with E-state index in [-0.39, 0.29) is 0 Å². The van der Waals surface area contributed by atoms with Gasteiger partial charge in [-0.15, -0.1) is 0 Å². The van der Waals surface area contributed by atoms with Gasteiger partial charge in [0.1, 0.15) is 0 Å². The molecule has 2 nitrogen and oxygen atoms in total. The fourth-order valence-electron chi connectivity index (χ4n) is 3.30. The quantitative estimate of drug-likeness (QED) is 0.575. The highest BCUT2D eigenvalue weighted by atomic mass is 15.3. The third kappa shape index (κ3) is 0.826. The van der Waals surface area contributed by atoms with Crippen LogP contribution in [0, 0.1) is 17.8 Å². The van der Waals surface area contributed by atoms with Crippen LogP contribution >= 0.6 is 0 Å². The van der Waals surface area contributed by atoms with Gasteiger partial charge in [0.05, 0.1) is 6.17 Å². The normalized spacial score (nSPS) is 58.0. The first-order valence-electron chi connectivity index (χ1n) is 5.26. The molecule has 12 heavy (non-hydrogen) atoms. The molecule has 2 saturated heterocycles. The lowest BCUT2D eigenvalue weighted by Crippen LogP contribution is -2.57. The predicted octanol–water partition coefficient (Wildman–Crippen LogP) is 0.892. The highest BCUT2D eigenvalue weighted by molar-refractivity contribution is 5.08.